The van der Waals surface area contributed by atoms with E-state index in [0.717, 1.165) is 24.3 Å². The van der Waals surface area contributed by atoms with Crippen LogP contribution < -0.4 is 4.90 Å². The Hall–Kier alpha value is -1.59. The second kappa shape index (κ2) is 6.49. The molecule has 23 heavy (non-hydrogen) atoms. The highest BCUT2D eigenvalue weighted by atomic mass is 16.5. The van der Waals surface area contributed by atoms with E-state index in [1.165, 1.54) is 0 Å². The molecular weight excluding hydrogens is 292 g/mol. The van der Waals surface area contributed by atoms with Crippen molar-refractivity contribution in [2.45, 2.75) is 32.5 Å². The molecule has 0 bridgehead atoms. The third kappa shape index (κ3) is 3.67. The van der Waals surface area contributed by atoms with Crippen molar-refractivity contribution in [3.05, 3.63) is 29.8 Å². The molecule has 0 saturated carbocycles. The lowest BCUT2D eigenvalue weighted by Crippen LogP contribution is -2.54. The topological polar surface area (TPSA) is 42.0 Å². The number of hydrogen-bond donors (Lipinski definition) is 0. The summed E-state index contributed by atoms with van der Waals surface area (Å²) in [6, 6.07) is 7.90. The molecule has 5 heteroatoms. The highest BCUT2D eigenvalue weighted by Crippen LogP contribution is 2.27. The maximum absolute atomic E-state index is 13.1. The van der Waals surface area contributed by atoms with Crippen LogP contribution in [0.1, 0.15) is 31.1 Å². The van der Waals surface area contributed by atoms with Crippen LogP contribution in [0.25, 0.3) is 0 Å². The zero-order valence-electron chi connectivity index (χ0n) is 14.2. The lowest BCUT2D eigenvalue weighted by molar-refractivity contribution is -0.118. The summed E-state index contributed by atoms with van der Waals surface area (Å²) < 4.78 is 11.3. The first-order valence-corrected chi connectivity index (χ1v) is 8.35. The van der Waals surface area contributed by atoms with Crippen molar-refractivity contribution in [3.63, 3.8) is 0 Å². The van der Waals surface area contributed by atoms with E-state index in [9.17, 15) is 4.79 Å². The summed E-state index contributed by atoms with van der Waals surface area (Å²) in [5.41, 5.74) is 1.48. The van der Waals surface area contributed by atoms with Crippen molar-refractivity contribution in [2.24, 2.45) is 0 Å². The van der Waals surface area contributed by atoms with Gasteiger partial charge in [-0.15, -0.1) is 0 Å². The monoisotopic (exact) mass is 318 g/mol. The smallest absolute Gasteiger partial charge is 0.256 e. The third-order valence-electron chi connectivity index (χ3n) is 4.34. The Kier molecular flexibility index (Phi) is 4.60. The summed E-state index contributed by atoms with van der Waals surface area (Å²) in [4.78, 5) is 17.3. The molecule has 5 nitrogen and oxygen atoms in total. The van der Waals surface area contributed by atoms with Crippen molar-refractivity contribution in [1.29, 1.82) is 0 Å². The van der Waals surface area contributed by atoms with Gasteiger partial charge in [-0.3, -0.25) is 4.79 Å². The van der Waals surface area contributed by atoms with Crippen molar-refractivity contribution in [3.8, 4) is 0 Å². The van der Waals surface area contributed by atoms with Gasteiger partial charge in [0, 0.05) is 31.9 Å². The Bertz CT molecular complexity index is 567. The van der Waals surface area contributed by atoms with Gasteiger partial charge >= 0.3 is 0 Å². The van der Waals surface area contributed by atoms with Crippen molar-refractivity contribution in [2.75, 3.05) is 44.3 Å². The molecule has 1 aromatic rings. The number of anilines is 1. The first-order chi connectivity index (χ1) is 11.0. The number of nitrogens with zero attached hydrogens (tertiary/aromatic N) is 2. The van der Waals surface area contributed by atoms with E-state index in [2.05, 4.69) is 4.90 Å². The molecule has 0 aliphatic carbocycles. The first-order valence-electron chi connectivity index (χ1n) is 8.35. The number of carbonyl (C=O) groups is 1. The molecule has 1 atom stereocenters. The lowest BCUT2D eigenvalue weighted by atomic mass is 10.0. The summed E-state index contributed by atoms with van der Waals surface area (Å²) in [6.07, 6.45) is 0.0539. The zero-order valence-corrected chi connectivity index (χ0v) is 14.2. The van der Waals surface area contributed by atoms with Crippen LogP contribution in [-0.2, 0) is 9.47 Å². The summed E-state index contributed by atoms with van der Waals surface area (Å²) in [5.74, 6) is 0.0929. The summed E-state index contributed by atoms with van der Waals surface area (Å²) in [7, 11) is 0. The van der Waals surface area contributed by atoms with Gasteiger partial charge in [0.25, 0.3) is 5.91 Å². The van der Waals surface area contributed by atoms with Crippen LogP contribution in [0.4, 0.5) is 5.69 Å². The Balaban J connectivity index is 1.84. The molecule has 0 N–H and O–H groups in total. The quantitative estimate of drug-likeness (QED) is 0.838. The summed E-state index contributed by atoms with van der Waals surface area (Å²) in [5, 5.41) is 0. The Morgan fingerprint density at radius 1 is 1.22 bits per heavy atom. The van der Waals surface area contributed by atoms with Crippen molar-refractivity contribution < 1.29 is 14.3 Å². The van der Waals surface area contributed by atoms with Gasteiger partial charge in [0.05, 0.1) is 30.5 Å². The molecule has 2 aliphatic heterocycles. The number of carbonyl (C=O) groups excluding carboxylic acids is 1. The van der Waals surface area contributed by atoms with Gasteiger partial charge in [0.15, 0.2) is 0 Å². The maximum atomic E-state index is 13.1. The zero-order chi connectivity index (χ0) is 16.4. The second-order valence-electron chi connectivity index (χ2n) is 6.99. The normalized spacial score (nSPS) is 24.6. The van der Waals surface area contributed by atoms with Crippen LogP contribution in [0.3, 0.4) is 0 Å². The van der Waals surface area contributed by atoms with E-state index in [1.54, 1.807) is 0 Å². The number of morpholine rings is 2. The number of amides is 1. The summed E-state index contributed by atoms with van der Waals surface area (Å²) in [6.45, 7) is 10.4. The summed E-state index contributed by atoms with van der Waals surface area (Å²) >= 11 is 0. The molecular formula is C18H26N2O3. The lowest BCUT2D eigenvalue weighted by Gasteiger charge is -2.42. The molecule has 2 fully saturated rings. The molecule has 1 aromatic carbocycles. The van der Waals surface area contributed by atoms with Gasteiger partial charge in [-0.1, -0.05) is 12.1 Å². The SMILES string of the molecule is C[C@@H]1CN(C(=O)c2ccccc2N2CCOCC2)CC(C)(C)O1. The van der Waals surface area contributed by atoms with E-state index in [4.69, 9.17) is 9.47 Å². The average molecular weight is 318 g/mol. The van der Waals surface area contributed by atoms with Crippen LogP contribution in [-0.4, -0.2) is 61.9 Å². The van der Waals surface area contributed by atoms with Gasteiger partial charge in [0.1, 0.15) is 0 Å². The largest absolute Gasteiger partial charge is 0.378 e. The minimum absolute atomic E-state index is 0.0539. The molecule has 2 aliphatic rings. The fourth-order valence-electron chi connectivity index (χ4n) is 3.51. The first kappa shape index (κ1) is 16.3. The van der Waals surface area contributed by atoms with Gasteiger partial charge < -0.3 is 19.3 Å². The van der Waals surface area contributed by atoms with E-state index in [0.29, 0.717) is 26.3 Å². The molecule has 1 amide bonds. The van der Waals surface area contributed by atoms with Crippen molar-refractivity contribution >= 4 is 11.6 Å². The number of rotatable bonds is 2. The molecule has 0 radical (unpaired) electrons. The number of ether oxygens (including phenoxy) is 2. The van der Waals surface area contributed by atoms with Gasteiger partial charge in [0.2, 0.25) is 0 Å². The second-order valence-corrected chi connectivity index (χ2v) is 6.99. The van der Waals surface area contributed by atoms with Crippen LogP contribution in [0.2, 0.25) is 0 Å². The number of benzene rings is 1. The highest BCUT2D eigenvalue weighted by molar-refractivity contribution is 6.00. The predicted molar refractivity (Wildman–Crippen MR) is 90.0 cm³/mol. The number of para-hydroxylation sites is 1. The van der Waals surface area contributed by atoms with Gasteiger partial charge in [-0.2, -0.15) is 0 Å². The molecule has 0 aromatic heterocycles. The average Bonchev–Trinajstić information content (AvgIpc) is 2.53. The minimum atomic E-state index is -0.304. The Labute approximate surface area is 138 Å². The van der Waals surface area contributed by atoms with Crippen LogP contribution in [0, 0.1) is 0 Å². The fraction of sp³-hybridized carbons (Fsp3) is 0.611. The molecule has 0 spiro atoms. The maximum Gasteiger partial charge on any atom is 0.256 e. The van der Waals surface area contributed by atoms with Crippen LogP contribution >= 0.6 is 0 Å². The van der Waals surface area contributed by atoms with Gasteiger partial charge in [-0.05, 0) is 32.9 Å². The molecule has 0 unspecified atom stereocenters. The standard InChI is InChI=1S/C18H26N2O3/c1-14-12-20(13-18(2,3)23-14)17(21)15-6-4-5-7-16(15)19-8-10-22-11-9-19/h4-7,14H,8-13H2,1-3H3/t14-/m1/s1. The Morgan fingerprint density at radius 3 is 2.61 bits per heavy atom. The Morgan fingerprint density at radius 2 is 1.91 bits per heavy atom. The van der Waals surface area contributed by atoms with Crippen LogP contribution in [0.5, 0.6) is 0 Å². The van der Waals surface area contributed by atoms with E-state index in [-0.39, 0.29) is 17.6 Å². The van der Waals surface area contributed by atoms with E-state index < -0.39 is 0 Å². The minimum Gasteiger partial charge on any atom is -0.378 e. The highest BCUT2D eigenvalue weighted by Gasteiger charge is 2.35. The predicted octanol–water partition coefficient (Wildman–Crippen LogP) is 2.16. The third-order valence-corrected chi connectivity index (χ3v) is 4.34. The van der Waals surface area contributed by atoms with E-state index >= 15 is 0 Å². The molecule has 2 saturated heterocycles. The molecule has 126 valence electrons. The fourth-order valence-corrected chi connectivity index (χ4v) is 3.51. The van der Waals surface area contributed by atoms with Gasteiger partial charge in [-0.25, -0.2) is 0 Å². The van der Waals surface area contributed by atoms with E-state index in [1.807, 2.05) is 49.9 Å². The molecule has 3 rings (SSSR count). The number of hydrogen-bond acceptors (Lipinski definition) is 4. The molecule has 2 heterocycles. The van der Waals surface area contributed by atoms with Crippen LogP contribution in [0.15, 0.2) is 24.3 Å². The van der Waals surface area contributed by atoms with Crippen molar-refractivity contribution in [1.82, 2.24) is 4.90 Å².